The SMILES string of the molecule is CCCCCC/C=C\CCCCCCCC(=O)OC(COC(=O)CCCCCCCCCCCCCC)COC(=O)CCCCCCCCCCCCCCCCCCCCCCCCCCC. The predicted octanol–water partition coefficient (Wildman–Crippen LogP) is 20.5. The van der Waals surface area contributed by atoms with Crippen LogP contribution in [-0.2, 0) is 28.6 Å². The van der Waals surface area contributed by atoms with E-state index in [1.54, 1.807) is 0 Å². The molecule has 0 rings (SSSR count). The third-order valence-electron chi connectivity index (χ3n) is 14.0. The van der Waals surface area contributed by atoms with Gasteiger partial charge in [0.2, 0.25) is 0 Å². The summed E-state index contributed by atoms with van der Waals surface area (Å²) >= 11 is 0. The maximum atomic E-state index is 12.8. The van der Waals surface area contributed by atoms with Gasteiger partial charge in [-0.1, -0.05) is 296 Å². The lowest BCUT2D eigenvalue weighted by atomic mass is 10.0. The van der Waals surface area contributed by atoms with Crippen molar-refractivity contribution in [2.75, 3.05) is 13.2 Å². The summed E-state index contributed by atoms with van der Waals surface area (Å²) in [5.74, 6) is -0.852. The van der Waals surface area contributed by atoms with Crippen LogP contribution in [0.1, 0.15) is 348 Å². The van der Waals surface area contributed by atoms with Crippen LogP contribution in [-0.4, -0.2) is 37.2 Å². The molecule has 68 heavy (non-hydrogen) atoms. The summed E-state index contributed by atoms with van der Waals surface area (Å²) < 4.78 is 16.9. The van der Waals surface area contributed by atoms with Gasteiger partial charge < -0.3 is 14.2 Å². The third-order valence-corrected chi connectivity index (χ3v) is 14.0. The lowest BCUT2D eigenvalue weighted by Crippen LogP contribution is -2.30. The second-order valence-electron chi connectivity index (χ2n) is 21.0. The molecule has 0 N–H and O–H groups in total. The summed E-state index contributed by atoms with van der Waals surface area (Å²) in [4.78, 5) is 38.1. The molecule has 0 heterocycles. The normalized spacial score (nSPS) is 12.0. The quantitative estimate of drug-likeness (QED) is 0.0262. The molecule has 0 radical (unpaired) electrons. The number of rotatable bonds is 57. The molecule has 0 bridgehead atoms. The number of ether oxygens (including phenoxy) is 3. The zero-order valence-electron chi connectivity index (χ0n) is 46.2. The Morgan fingerprint density at radius 1 is 0.279 bits per heavy atom. The Morgan fingerprint density at radius 2 is 0.485 bits per heavy atom. The summed E-state index contributed by atoms with van der Waals surface area (Å²) in [6, 6.07) is 0. The first-order valence-corrected chi connectivity index (χ1v) is 30.7. The van der Waals surface area contributed by atoms with Crippen molar-refractivity contribution in [3.8, 4) is 0 Å². The topological polar surface area (TPSA) is 78.9 Å². The summed E-state index contributed by atoms with van der Waals surface area (Å²) in [5.41, 5.74) is 0. The fraction of sp³-hybridized carbons (Fsp3) is 0.919. The van der Waals surface area contributed by atoms with E-state index in [0.29, 0.717) is 19.3 Å². The summed E-state index contributed by atoms with van der Waals surface area (Å²) in [7, 11) is 0. The van der Waals surface area contributed by atoms with E-state index in [0.717, 1.165) is 64.2 Å². The zero-order chi connectivity index (χ0) is 49.3. The molecule has 0 saturated carbocycles. The fourth-order valence-electron chi connectivity index (χ4n) is 9.38. The smallest absolute Gasteiger partial charge is 0.306 e. The standard InChI is InChI=1S/C62H118O6/c1-4-7-10-13-16-19-22-25-26-27-28-29-30-31-32-33-34-35-36-38-40-43-46-49-52-55-61(64)67-58-59(57-66-60(63)54-51-48-45-42-39-24-21-18-15-12-9-6-3)68-62(65)56-53-50-47-44-41-37-23-20-17-14-11-8-5-2/h20,23,59H,4-19,21-22,24-58H2,1-3H3/b23-20-. The van der Waals surface area contributed by atoms with Crippen molar-refractivity contribution in [3.05, 3.63) is 12.2 Å². The molecule has 0 amide bonds. The molecule has 0 aliphatic carbocycles. The number of carbonyl (C=O) groups is 3. The van der Waals surface area contributed by atoms with Crippen molar-refractivity contribution < 1.29 is 28.6 Å². The van der Waals surface area contributed by atoms with Gasteiger partial charge in [0.15, 0.2) is 6.10 Å². The molecule has 0 fully saturated rings. The van der Waals surface area contributed by atoms with Gasteiger partial charge in [0.25, 0.3) is 0 Å². The Labute approximate surface area is 424 Å². The van der Waals surface area contributed by atoms with Crippen LogP contribution in [0.5, 0.6) is 0 Å². The molecule has 402 valence electrons. The number of allylic oxidation sites excluding steroid dienone is 2. The lowest BCUT2D eigenvalue weighted by molar-refractivity contribution is -0.167. The van der Waals surface area contributed by atoms with E-state index in [4.69, 9.17) is 14.2 Å². The number of hydrogen-bond acceptors (Lipinski definition) is 6. The Hall–Kier alpha value is -1.85. The van der Waals surface area contributed by atoms with Crippen LogP contribution in [0.2, 0.25) is 0 Å². The van der Waals surface area contributed by atoms with Crippen molar-refractivity contribution in [1.82, 2.24) is 0 Å². The van der Waals surface area contributed by atoms with Crippen molar-refractivity contribution in [1.29, 1.82) is 0 Å². The van der Waals surface area contributed by atoms with Gasteiger partial charge in [0, 0.05) is 19.3 Å². The molecule has 0 spiro atoms. The minimum Gasteiger partial charge on any atom is -0.462 e. The van der Waals surface area contributed by atoms with E-state index >= 15 is 0 Å². The van der Waals surface area contributed by atoms with E-state index in [1.165, 1.54) is 244 Å². The molecule has 0 aromatic heterocycles. The number of unbranched alkanes of at least 4 members (excludes halogenated alkanes) is 44. The van der Waals surface area contributed by atoms with Crippen LogP contribution in [0.3, 0.4) is 0 Å². The second-order valence-corrected chi connectivity index (χ2v) is 21.0. The second kappa shape index (κ2) is 57.7. The molecule has 1 unspecified atom stereocenters. The van der Waals surface area contributed by atoms with Crippen molar-refractivity contribution in [2.24, 2.45) is 0 Å². The largest absolute Gasteiger partial charge is 0.462 e. The Bertz CT molecular complexity index is 1060. The number of carbonyl (C=O) groups excluding carboxylic acids is 3. The Balaban J connectivity index is 4.15. The van der Waals surface area contributed by atoms with E-state index in [2.05, 4.69) is 32.9 Å². The van der Waals surface area contributed by atoms with Gasteiger partial charge in [-0.2, -0.15) is 0 Å². The number of esters is 3. The molecule has 6 heteroatoms. The number of hydrogen-bond donors (Lipinski definition) is 0. The van der Waals surface area contributed by atoms with Gasteiger partial charge >= 0.3 is 17.9 Å². The van der Waals surface area contributed by atoms with E-state index in [1.807, 2.05) is 0 Å². The van der Waals surface area contributed by atoms with E-state index in [-0.39, 0.29) is 31.1 Å². The monoisotopic (exact) mass is 959 g/mol. The molecule has 0 aliphatic heterocycles. The van der Waals surface area contributed by atoms with Gasteiger partial charge in [-0.25, -0.2) is 0 Å². The van der Waals surface area contributed by atoms with Crippen molar-refractivity contribution >= 4 is 17.9 Å². The van der Waals surface area contributed by atoms with Crippen molar-refractivity contribution in [2.45, 2.75) is 354 Å². The van der Waals surface area contributed by atoms with Crippen LogP contribution in [0.15, 0.2) is 12.2 Å². The predicted molar refractivity (Wildman–Crippen MR) is 293 cm³/mol. The first-order chi connectivity index (χ1) is 33.5. The zero-order valence-corrected chi connectivity index (χ0v) is 46.2. The highest BCUT2D eigenvalue weighted by Gasteiger charge is 2.19. The highest BCUT2D eigenvalue weighted by Crippen LogP contribution is 2.18. The third kappa shape index (κ3) is 55.1. The maximum Gasteiger partial charge on any atom is 0.306 e. The highest BCUT2D eigenvalue weighted by atomic mass is 16.6. The molecule has 6 nitrogen and oxygen atoms in total. The van der Waals surface area contributed by atoms with E-state index < -0.39 is 6.10 Å². The van der Waals surface area contributed by atoms with Crippen molar-refractivity contribution in [3.63, 3.8) is 0 Å². The summed E-state index contributed by atoms with van der Waals surface area (Å²) in [5, 5.41) is 0. The van der Waals surface area contributed by atoms with Gasteiger partial charge in [-0.3, -0.25) is 14.4 Å². The molecular formula is C62H118O6. The molecular weight excluding hydrogens is 841 g/mol. The van der Waals surface area contributed by atoms with Gasteiger partial charge in [-0.15, -0.1) is 0 Å². The minimum absolute atomic E-state index is 0.0674. The lowest BCUT2D eigenvalue weighted by Gasteiger charge is -2.18. The fourth-order valence-corrected chi connectivity index (χ4v) is 9.38. The first kappa shape index (κ1) is 66.2. The van der Waals surface area contributed by atoms with Crippen LogP contribution in [0, 0.1) is 0 Å². The van der Waals surface area contributed by atoms with E-state index in [9.17, 15) is 14.4 Å². The van der Waals surface area contributed by atoms with Crippen LogP contribution in [0.4, 0.5) is 0 Å². The summed E-state index contributed by atoms with van der Waals surface area (Å²) in [6.07, 6.45) is 66.5. The molecule has 0 aromatic rings. The average molecular weight is 960 g/mol. The highest BCUT2D eigenvalue weighted by molar-refractivity contribution is 5.71. The molecule has 1 atom stereocenters. The molecule has 0 aromatic carbocycles. The van der Waals surface area contributed by atoms with Gasteiger partial charge in [0.05, 0.1) is 0 Å². The molecule has 0 aliphatic rings. The van der Waals surface area contributed by atoms with Gasteiger partial charge in [0.1, 0.15) is 13.2 Å². The van der Waals surface area contributed by atoms with Crippen LogP contribution < -0.4 is 0 Å². The van der Waals surface area contributed by atoms with Crippen LogP contribution >= 0.6 is 0 Å². The maximum absolute atomic E-state index is 12.8. The Morgan fingerprint density at radius 3 is 0.750 bits per heavy atom. The first-order valence-electron chi connectivity index (χ1n) is 30.7. The minimum atomic E-state index is -0.768. The molecule has 0 saturated heterocycles. The Kier molecular flexibility index (Phi) is 56.2. The van der Waals surface area contributed by atoms with Crippen LogP contribution in [0.25, 0.3) is 0 Å². The average Bonchev–Trinajstić information content (AvgIpc) is 3.34. The summed E-state index contributed by atoms with van der Waals surface area (Å²) in [6.45, 7) is 6.67. The van der Waals surface area contributed by atoms with Gasteiger partial charge in [-0.05, 0) is 44.9 Å².